The highest BCUT2D eigenvalue weighted by molar-refractivity contribution is 5.89. The predicted octanol–water partition coefficient (Wildman–Crippen LogP) is 1.48. The Hall–Kier alpha value is -2.45. The lowest BCUT2D eigenvalue weighted by molar-refractivity contribution is 0.0822. The Morgan fingerprint density at radius 3 is 2.73 bits per heavy atom. The molecule has 1 amide bonds. The fourth-order valence-electron chi connectivity index (χ4n) is 3.16. The first-order valence-electron chi connectivity index (χ1n) is 8.96. The molecule has 1 atom stereocenters. The molecule has 0 bridgehead atoms. The van der Waals surface area contributed by atoms with Crippen LogP contribution in [0, 0.1) is 0 Å². The molecule has 8 heteroatoms. The minimum Gasteiger partial charge on any atom is -0.378 e. The molecular formula is C18H22N4O4. The summed E-state index contributed by atoms with van der Waals surface area (Å²) in [6, 6.07) is 7.91. The fourth-order valence-corrected chi connectivity index (χ4v) is 3.16. The molecule has 0 saturated carbocycles. The second-order valence-electron chi connectivity index (χ2n) is 6.41. The molecule has 0 unspecified atom stereocenters. The van der Waals surface area contributed by atoms with E-state index in [0.29, 0.717) is 12.4 Å². The summed E-state index contributed by atoms with van der Waals surface area (Å²) in [6.45, 7) is 4.48. The van der Waals surface area contributed by atoms with Crippen LogP contribution < -0.4 is 10.2 Å². The van der Waals surface area contributed by atoms with Gasteiger partial charge in [-0.3, -0.25) is 4.79 Å². The Labute approximate surface area is 151 Å². The molecule has 1 N–H and O–H groups in total. The summed E-state index contributed by atoms with van der Waals surface area (Å²) < 4.78 is 16.0. The number of nitrogens with one attached hydrogen (secondary N) is 1. The van der Waals surface area contributed by atoms with Crippen LogP contribution in [0.3, 0.4) is 0 Å². The number of ether oxygens (including phenoxy) is 2. The first-order valence-corrected chi connectivity index (χ1v) is 8.96. The van der Waals surface area contributed by atoms with Gasteiger partial charge in [0, 0.05) is 37.5 Å². The van der Waals surface area contributed by atoms with E-state index in [1.54, 1.807) is 0 Å². The smallest absolute Gasteiger partial charge is 0.316 e. The van der Waals surface area contributed by atoms with Crippen molar-refractivity contribution < 1.29 is 18.8 Å². The Morgan fingerprint density at radius 2 is 2.00 bits per heavy atom. The summed E-state index contributed by atoms with van der Waals surface area (Å²) in [6.07, 6.45) is 2.07. The average Bonchev–Trinajstić information content (AvgIpc) is 3.39. The van der Waals surface area contributed by atoms with E-state index in [0.717, 1.165) is 57.0 Å². The standard InChI is InChI=1S/C18H22N4O4/c23-17(19-12-15-2-1-9-25-15)18-20-16(21-26-18)13-3-5-14(6-4-13)22-7-10-24-11-8-22/h3-6,15H,1-2,7-12H2,(H,19,23)/t15-/m0/s1. The van der Waals surface area contributed by atoms with Crippen LogP contribution in [0.25, 0.3) is 11.4 Å². The summed E-state index contributed by atoms with van der Waals surface area (Å²) >= 11 is 0. The van der Waals surface area contributed by atoms with Crippen LogP contribution in [0.1, 0.15) is 23.5 Å². The van der Waals surface area contributed by atoms with Crippen LogP contribution in [0.5, 0.6) is 0 Å². The zero-order valence-corrected chi connectivity index (χ0v) is 14.5. The summed E-state index contributed by atoms with van der Waals surface area (Å²) in [4.78, 5) is 18.6. The average molecular weight is 358 g/mol. The number of aromatic nitrogens is 2. The Kier molecular flexibility index (Phi) is 5.12. The van der Waals surface area contributed by atoms with Crippen LogP contribution >= 0.6 is 0 Å². The molecule has 0 aliphatic carbocycles. The molecule has 0 radical (unpaired) electrons. The number of anilines is 1. The minimum atomic E-state index is -0.371. The summed E-state index contributed by atoms with van der Waals surface area (Å²) in [5.74, 6) is 0.000216. The lowest BCUT2D eigenvalue weighted by Crippen LogP contribution is -2.36. The molecule has 138 valence electrons. The molecule has 3 heterocycles. The molecular weight excluding hydrogens is 336 g/mol. The fraction of sp³-hybridized carbons (Fsp3) is 0.500. The number of hydrogen-bond acceptors (Lipinski definition) is 7. The quantitative estimate of drug-likeness (QED) is 0.866. The first kappa shape index (κ1) is 17.0. The summed E-state index contributed by atoms with van der Waals surface area (Å²) in [7, 11) is 0. The van der Waals surface area contributed by atoms with Crippen LogP contribution in [-0.4, -0.2) is 61.6 Å². The van der Waals surface area contributed by atoms with E-state index in [1.807, 2.05) is 24.3 Å². The van der Waals surface area contributed by atoms with Crippen molar-refractivity contribution in [1.29, 1.82) is 0 Å². The van der Waals surface area contributed by atoms with E-state index in [2.05, 4.69) is 20.4 Å². The van der Waals surface area contributed by atoms with Gasteiger partial charge in [-0.05, 0) is 37.1 Å². The number of benzene rings is 1. The van der Waals surface area contributed by atoms with Gasteiger partial charge in [-0.2, -0.15) is 4.98 Å². The topological polar surface area (TPSA) is 89.7 Å². The third-order valence-electron chi connectivity index (χ3n) is 4.64. The maximum absolute atomic E-state index is 12.1. The lowest BCUT2D eigenvalue weighted by Gasteiger charge is -2.28. The zero-order valence-electron chi connectivity index (χ0n) is 14.5. The number of hydrogen-bond donors (Lipinski definition) is 1. The highest BCUT2D eigenvalue weighted by atomic mass is 16.5. The van der Waals surface area contributed by atoms with Crippen LogP contribution in [-0.2, 0) is 9.47 Å². The van der Waals surface area contributed by atoms with Crippen molar-refractivity contribution in [2.24, 2.45) is 0 Å². The second-order valence-corrected chi connectivity index (χ2v) is 6.41. The summed E-state index contributed by atoms with van der Waals surface area (Å²) in [5.41, 5.74) is 1.94. The third-order valence-corrected chi connectivity index (χ3v) is 4.64. The molecule has 8 nitrogen and oxygen atoms in total. The van der Waals surface area contributed by atoms with Gasteiger partial charge in [0.15, 0.2) is 0 Å². The van der Waals surface area contributed by atoms with E-state index >= 15 is 0 Å². The van der Waals surface area contributed by atoms with Crippen molar-refractivity contribution in [2.75, 3.05) is 44.4 Å². The number of amides is 1. The van der Waals surface area contributed by atoms with Gasteiger partial charge in [-0.15, -0.1) is 0 Å². The van der Waals surface area contributed by atoms with Gasteiger partial charge in [-0.1, -0.05) is 5.16 Å². The van der Waals surface area contributed by atoms with Crippen molar-refractivity contribution in [2.45, 2.75) is 18.9 Å². The Balaban J connectivity index is 1.38. The number of carbonyl (C=O) groups excluding carboxylic acids is 1. The van der Waals surface area contributed by atoms with Gasteiger partial charge in [0.05, 0.1) is 19.3 Å². The second kappa shape index (κ2) is 7.84. The van der Waals surface area contributed by atoms with Crippen LogP contribution in [0.2, 0.25) is 0 Å². The maximum Gasteiger partial charge on any atom is 0.316 e. The molecule has 1 aromatic carbocycles. The zero-order chi connectivity index (χ0) is 17.8. The molecule has 26 heavy (non-hydrogen) atoms. The molecule has 2 fully saturated rings. The van der Waals surface area contributed by atoms with Gasteiger partial charge in [0.2, 0.25) is 5.82 Å². The van der Waals surface area contributed by atoms with Crippen LogP contribution in [0.4, 0.5) is 5.69 Å². The van der Waals surface area contributed by atoms with Gasteiger partial charge >= 0.3 is 11.8 Å². The van der Waals surface area contributed by atoms with Crippen molar-refractivity contribution in [3.63, 3.8) is 0 Å². The Morgan fingerprint density at radius 1 is 1.19 bits per heavy atom. The lowest BCUT2D eigenvalue weighted by atomic mass is 10.2. The van der Waals surface area contributed by atoms with Crippen molar-refractivity contribution in [3.05, 3.63) is 30.2 Å². The van der Waals surface area contributed by atoms with Gasteiger partial charge < -0.3 is 24.2 Å². The van der Waals surface area contributed by atoms with E-state index in [9.17, 15) is 4.79 Å². The number of nitrogens with zero attached hydrogens (tertiary/aromatic N) is 3. The largest absolute Gasteiger partial charge is 0.378 e. The predicted molar refractivity (Wildman–Crippen MR) is 94.1 cm³/mol. The monoisotopic (exact) mass is 358 g/mol. The molecule has 1 aromatic heterocycles. The third kappa shape index (κ3) is 3.86. The van der Waals surface area contributed by atoms with Crippen molar-refractivity contribution in [1.82, 2.24) is 15.5 Å². The van der Waals surface area contributed by atoms with Gasteiger partial charge in [0.25, 0.3) is 0 Å². The minimum absolute atomic E-state index is 0.0322. The van der Waals surface area contributed by atoms with E-state index < -0.39 is 0 Å². The SMILES string of the molecule is O=C(NC[C@@H]1CCCO1)c1nc(-c2ccc(N3CCOCC3)cc2)no1. The molecule has 0 spiro atoms. The normalized spacial score (nSPS) is 20.3. The van der Waals surface area contributed by atoms with Crippen LogP contribution in [0.15, 0.2) is 28.8 Å². The number of carbonyl (C=O) groups is 1. The van der Waals surface area contributed by atoms with Gasteiger partial charge in [0.1, 0.15) is 0 Å². The summed E-state index contributed by atoms with van der Waals surface area (Å²) in [5, 5.41) is 6.70. The van der Waals surface area contributed by atoms with E-state index in [1.165, 1.54) is 0 Å². The molecule has 2 aromatic rings. The number of morpholine rings is 1. The Bertz CT molecular complexity index is 734. The van der Waals surface area contributed by atoms with Crippen molar-refractivity contribution >= 4 is 11.6 Å². The van der Waals surface area contributed by atoms with Crippen molar-refractivity contribution in [3.8, 4) is 11.4 Å². The molecule has 2 saturated heterocycles. The first-order chi connectivity index (χ1) is 12.8. The maximum atomic E-state index is 12.1. The molecule has 2 aliphatic heterocycles. The number of rotatable bonds is 5. The molecule has 2 aliphatic rings. The van der Waals surface area contributed by atoms with E-state index in [-0.39, 0.29) is 17.9 Å². The highest BCUT2D eigenvalue weighted by Crippen LogP contribution is 2.22. The van der Waals surface area contributed by atoms with E-state index in [4.69, 9.17) is 14.0 Å². The highest BCUT2D eigenvalue weighted by Gasteiger charge is 2.20. The molecule has 4 rings (SSSR count). The van der Waals surface area contributed by atoms with Gasteiger partial charge in [-0.25, -0.2) is 0 Å².